The van der Waals surface area contributed by atoms with E-state index in [-0.39, 0.29) is 0 Å². The molecule has 1 aliphatic heterocycles. The van der Waals surface area contributed by atoms with Crippen LogP contribution >= 0.6 is 0 Å². The summed E-state index contributed by atoms with van der Waals surface area (Å²) in [6.45, 7) is 2.82. The van der Waals surface area contributed by atoms with Crippen LogP contribution in [0.4, 0.5) is 0 Å². The second kappa shape index (κ2) is 7.07. The third kappa shape index (κ3) is 4.19. The fraction of sp³-hybridized carbons (Fsp3) is 1.00. The first kappa shape index (κ1) is 15.3. The van der Waals surface area contributed by atoms with Crippen LogP contribution in [0.3, 0.4) is 0 Å². The minimum Gasteiger partial charge on any atom is -0.212 e. The molecule has 0 aromatic heterocycles. The van der Waals surface area contributed by atoms with E-state index in [1.165, 1.54) is 32.1 Å². The summed E-state index contributed by atoms with van der Waals surface area (Å²) in [5.74, 6) is 1.13. The number of rotatable bonds is 6. The van der Waals surface area contributed by atoms with Gasteiger partial charge in [-0.2, -0.15) is 4.31 Å². The summed E-state index contributed by atoms with van der Waals surface area (Å²) in [5.41, 5.74) is 0. The van der Waals surface area contributed by atoms with Gasteiger partial charge in [0.15, 0.2) is 0 Å². The lowest BCUT2D eigenvalue weighted by molar-refractivity contribution is 0.267. The topological polar surface area (TPSA) is 37.4 Å². The first-order chi connectivity index (χ1) is 9.13. The van der Waals surface area contributed by atoms with Crippen LogP contribution in [0.5, 0.6) is 0 Å². The summed E-state index contributed by atoms with van der Waals surface area (Å²) in [5, 5.41) is 0. The Morgan fingerprint density at radius 1 is 1.05 bits per heavy atom. The van der Waals surface area contributed by atoms with Crippen LogP contribution in [0.15, 0.2) is 0 Å². The predicted octanol–water partition coefficient (Wildman–Crippen LogP) is 3.55. The fourth-order valence-corrected chi connectivity index (χ4v) is 5.60. The molecule has 0 spiro atoms. The number of hydrogen-bond acceptors (Lipinski definition) is 2. The molecule has 0 aromatic carbocycles. The zero-order chi connectivity index (χ0) is 13.7. The molecule has 112 valence electrons. The van der Waals surface area contributed by atoms with Crippen molar-refractivity contribution in [2.24, 2.45) is 5.92 Å². The molecular weight excluding hydrogens is 258 g/mol. The van der Waals surface area contributed by atoms with Crippen molar-refractivity contribution in [1.82, 2.24) is 4.31 Å². The van der Waals surface area contributed by atoms with Crippen molar-refractivity contribution in [2.45, 2.75) is 77.2 Å². The molecule has 1 aliphatic carbocycles. The predicted molar refractivity (Wildman–Crippen MR) is 79.6 cm³/mol. The Hall–Kier alpha value is -0.0900. The van der Waals surface area contributed by atoms with E-state index in [9.17, 15) is 8.42 Å². The number of hydrogen-bond donors (Lipinski definition) is 0. The summed E-state index contributed by atoms with van der Waals surface area (Å²) < 4.78 is 26.6. The molecule has 0 aromatic rings. The van der Waals surface area contributed by atoms with Gasteiger partial charge < -0.3 is 0 Å². The van der Waals surface area contributed by atoms with Crippen molar-refractivity contribution in [1.29, 1.82) is 0 Å². The van der Waals surface area contributed by atoms with Crippen molar-refractivity contribution in [3.63, 3.8) is 0 Å². The molecule has 2 fully saturated rings. The smallest absolute Gasteiger partial charge is 0.212 e. The van der Waals surface area contributed by atoms with Gasteiger partial charge in [-0.15, -0.1) is 0 Å². The van der Waals surface area contributed by atoms with Gasteiger partial charge in [0.25, 0.3) is 0 Å². The van der Waals surface area contributed by atoms with Crippen LogP contribution in [0, 0.1) is 5.92 Å². The average Bonchev–Trinajstić information content (AvgIpc) is 2.87. The Labute approximate surface area is 118 Å². The minimum absolute atomic E-state index is 0.310. The van der Waals surface area contributed by atoms with E-state index in [4.69, 9.17) is 0 Å². The van der Waals surface area contributed by atoms with Crippen molar-refractivity contribution < 1.29 is 8.42 Å². The Morgan fingerprint density at radius 3 is 2.47 bits per heavy atom. The van der Waals surface area contributed by atoms with E-state index in [2.05, 4.69) is 6.92 Å². The highest BCUT2D eigenvalue weighted by molar-refractivity contribution is 7.89. The molecule has 1 heterocycles. The van der Waals surface area contributed by atoms with Crippen LogP contribution in [-0.2, 0) is 10.0 Å². The largest absolute Gasteiger partial charge is 0.214 e. The average molecular weight is 287 g/mol. The van der Waals surface area contributed by atoms with Crippen molar-refractivity contribution in [3.05, 3.63) is 0 Å². The lowest BCUT2D eigenvalue weighted by Gasteiger charge is -2.29. The van der Waals surface area contributed by atoms with E-state index in [1.54, 1.807) is 0 Å². The molecule has 0 bridgehead atoms. The Kier molecular flexibility index (Phi) is 5.70. The molecule has 1 saturated heterocycles. The van der Waals surface area contributed by atoms with Crippen molar-refractivity contribution in [3.8, 4) is 0 Å². The normalized spacial score (nSPS) is 26.9. The van der Waals surface area contributed by atoms with E-state index in [0.29, 0.717) is 11.8 Å². The van der Waals surface area contributed by atoms with Crippen molar-refractivity contribution in [2.75, 3.05) is 12.3 Å². The van der Waals surface area contributed by atoms with Gasteiger partial charge in [-0.1, -0.05) is 45.4 Å². The summed E-state index contributed by atoms with van der Waals surface area (Å²) >= 11 is 0. The molecular formula is C15H29NO2S. The lowest BCUT2D eigenvalue weighted by atomic mass is 9.84. The van der Waals surface area contributed by atoms with Crippen LogP contribution < -0.4 is 0 Å². The highest BCUT2D eigenvalue weighted by Crippen LogP contribution is 2.33. The quantitative estimate of drug-likeness (QED) is 0.749. The fourth-order valence-electron chi connectivity index (χ4n) is 3.66. The van der Waals surface area contributed by atoms with E-state index >= 15 is 0 Å². The molecule has 1 atom stereocenters. The van der Waals surface area contributed by atoms with Gasteiger partial charge in [-0.05, 0) is 31.6 Å². The first-order valence-corrected chi connectivity index (χ1v) is 9.74. The van der Waals surface area contributed by atoms with Gasteiger partial charge >= 0.3 is 0 Å². The second-order valence-corrected chi connectivity index (χ2v) is 8.36. The zero-order valence-electron chi connectivity index (χ0n) is 12.3. The number of nitrogens with zero attached hydrogens (tertiary/aromatic N) is 1. The van der Waals surface area contributed by atoms with E-state index < -0.39 is 10.0 Å². The van der Waals surface area contributed by atoms with Gasteiger partial charge in [0, 0.05) is 12.6 Å². The molecule has 19 heavy (non-hydrogen) atoms. The number of sulfonamides is 1. The second-order valence-electron chi connectivity index (χ2n) is 6.32. The van der Waals surface area contributed by atoms with Gasteiger partial charge in [-0.3, -0.25) is 0 Å². The van der Waals surface area contributed by atoms with E-state index in [0.717, 1.165) is 44.6 Å². The summed E-state index contributed by atoms with van der Waals surface area (Å²) in [6, 6.07) is 0.310. The Morgan fingerprint density at radius 2 is 1.79 bits per heavy atom. The van der Waals surface area contributed by atoms with Gasteiger partial charge in [0.1, 0.15) is 0 Å². The molecule has 2 rings (SSSR count). The standard InChI is InChI=1S/C15H29NO2S/c1-2-3-12-19(17,18)16-11-7-10-15(16)13-14-8-5-4-6-9-14/h14-15H,2-13H2,1H3/t15-/m0/s1. The summed E-state index contributed by atoms with van der Waals surface area (Å²) in [7, 11) is -2.99. The lowest BCUT2D eigenvalue weighted by Crippen LogP contribution is -2.38. The van der Waals surface area contributed by atoms with Gasteiger partial charge in [-0.25, -0.2) is 8.42 Å². The molecule has 4 heteroatoms. The third-order valence-corrected chi connectivity index (χ3v) is 6.77. The van der Waals surface area contributed by atoms with Crippen LogP contribution in [0.2, 0.25) is 0 Å². The molecule has 1 saturated carbocycles. The van der Waals surface area contributed by atoms with Crippen LogP contribution in [0.25, 0.3) is 0 Å². The highest BCUT2D eigenvalue weighted by Gasteiger charge is 2.35. The molecule has 0 N–H and O–H groups in total. The minimum atomic E-state index is -2.99. The number of unbranched alkanes of at least 4 members (excludes halogenated alkanes) is 1. The maximum absolute atomic E-state index is 12.4. The molecule has 2 aliphatic rings. The van der Waals surface area contributed by atoms with Crippen molar-refractivity contribution >= 4 is 10.0 Å². The molecule has 0 radical (unpaired) electrons. The van der Waals surface area contributed by atoms with Gasteiger partial charge in [0.05, 0.1) is 5.75 Å². The Balaban J connectivity index is 1.92. The first-order valence-electron chi connectivity index (χ1n) is 8.13. The molecule has 0 amide bonds. The maximum Gasteiger partial charge on any atom is 0.214 e. The molecule has 3 nitrogen and oxygen atoms in total. The zero-order valence-corrected chi connectivity index (χ0v) is 13.1. The summed E-state index contributed by atoms with van der Waals surface area (Å²) in [6.07, 6.45) is 11.7. The van der Waals surface area contributed by atoms with Crippen LogP contribution in [0.1, 0.15) is 71.1 Å². The van der Waals surface area contributed by atoms with Crippen LogP contribution in [-0.4, -0.2) is 31.1 Å². The SMILES string of the molecule is CCCCS(=O)(=O)N1CCC[C@H]1CC1CCCCC1. The summed E-state index contributed by atoms with van der Waals surface area (Å²) in [4.78, 5) is 0. The maximum atomic E-state index is 12.4. The Bertz CT molecular complexity index is 360. The third-order valence-electron chi connectivity index (χ3n) is 4.77. The van der Waals surface area contributed by atoms with Gasteiger partial charge in [0.2, 0.25) is 10.0 Å². The molecule has 0 unspecified atom stereocenters. The van der Waals surface area contributed by atoms with E-state index in [1.807, 2.05) is 4.31 Å². The highest BCUT2D eigenvalue weighted by atomic mass is 32.2. The monoisotopic (exact) mass is 287 g/mol.